The standard InChI is InChI=1S/C9H4FN3O2/c10-6-1-2-8-5(3-6)4-7(12-13-11)9(14)15-8/h1-4H. The molecule has 6 heteroatoms. The Kier molecular flexibility index (Phi) is 2.11. The van der Waals surface area contributed by atoms with E-state index in [1.807, 2.05) is 0 Å². The maximum Gasteiger partial charge on any atom is 0.345 e. The highest BCUT2D eigenvalue weighted by atomic mass is 19.1. The van der Waals surface area contributed by atoms with Gasteiger partial charge in [-0.1, -0.05) is 5.11 Å². The smallest absolute Gasteiger partial charge is 0.345 e. The van der Waals surface area contributed by atoms with Crippen LogP contribution in [-0.2, 0) is 0 Å². The van der Waals surface area contributed by atoms with Crippen molar-refractivity contribution in [2.24, 2.45) is 5.11 Å². The van der Waals surface area contributed by atoms with Gasteiger partial charge in [-0.05, 0) is 29.8 Å². The van der Waals surface area contributed by atoms with Gasteiger partial charge in [0.1, 0.15) is 17.1 Å². The number of nitrogens with zero attached hydrogens (tertiary/aromatic N) is 3. The van der Waals surface area contributed by atoms with Crippen LogP contribution in [0, 0.1) is 5.82 Å². The van der Waals surface area contributed by atoms with E-state index in [2.05, 4.69) is 10.0 Å². The maximum atomic E-state index is 12.8. The zero-order chi connectivity index (χ0) is 10.8. The van der Waals surface area contributed by atoms with Gasteiger partial charge in [0.05, 0.1) is 0 Å². The first-order valence-corrected chi connectivity index (χ1v) is 3.99. The summed E-state index contributed by atoms with van der Waals surface area (Å²) in [6.07, 6.45) is 0. The molecule has 1 heterocycles. The summed E-state index contributed by atoms with van der Waals surface area (Å²) in [6.45, 7) is 0. The number of azide groups is 1. The predicted molar refractivity (Wildman–Crippen MR) is 51.2 cm³/mol. The SMILES string of the molecule is [N-]=[N+]=Nc1cc2cc(F)ccc2oc1=O. The monoisotopic (exact) mass is 205 g/mol. The van der Waals surface area contributed by atoms with E-state index >= 15 is 0 Å². The summed E-state index contributed by atoms with van der Waals surface area (Å²) in [5.41, 5.74) is 7.49. The third kappa shape index (κ3) is 1.66. The summed E-state index contributed by atoms with van der Waals surface area (Å²) < 4.78 is 17.6. The Morgan fingerprint density at radius 3 is 2.93 bits per heavy atom. The molecule has 1 aromatic heterocycles. The molecule has 15 heavy (non-hydrogen) atoms. The van der Waals surface area contributed by atoms with Crippen molar-refractivity contribution in [2.75, 3.05) is 0 Å². The fourth-order valence-corrected chi connectivity index (χ4v) is 1.20. The quantitative estimate of drug-likeness (QED) is 0.310. The maximum absolute atomic E-state index is 12.8. The molecule has 0 fully saturated rings. The highest BCUT2D eigenvalue weighted by Crippen LogP contribution is 2.18. The molecule has 0 unspecified atom stereocenters. The molecule has 0 amide bonds. The second-order valence-electron chi connectivity index (χ2n) is 2.79. The van der Waals surface area contributed by atoms with Gasteiger partial charge in [-0.15, -0.1) is 0 Å². The van der Waals surface area contributed by atoms with Gasteiger partial charge < -0.3 is 4.42 Å². The van der Waals surface area contributed by atoms with Crippen molar-refractivity contribution in [2.45, 2.75) is 0 Å². The normalized spacial score (nSPS) is 9.93. The lowest BCUT2D eigenvalue weighted by molar-refractivity contribution is 0.560. The molecule has 0 radical (unpaired) electrons. The Morgan fingerprint density at radius 2 is 2.20 bits per heavy atom. The second kappa shape index (κ2) is 3.43. The largest absolute Gasteiger partial charge is 0.422 e. The molecule has 5 nitrogen and oxygen atoms in total. The third-order valence-electron chi connectivity index (χ3n) is 1.83. The summed E-state index contributed by atoms with van der Waals surface area (Å²) in [4.78, 5) is 13.7. The molecule has 0 aliphatic carbocycles. The van der Waals surface area contributed by atoms with Gasteiger partial charge in [-0.25, -0.2) is 9.18 Å². The molecule has 0 N–H and O–H groups in total. The van der Waals surface area contributed by atoms with Crippen LogP contribution in [0.2, 0.25) is 0 Å². The summed E-state index contributed by atoms with van der Waals surface area (Å²) in [5, 5.41) is 3.51. The van der Waals surface area contributed by atoms with E-state index in [0.29, 0.717) is 5.39 Å². The minimum Gasteiger partial charge on any atom is -0.422 e. The van der Waals surface area contributed by atoms with Crippen LogP contribution in [0.1, 0.15) is 0 Å². The van der Waals surface area contributed by atoms with Gasteiger partial charge in [0, 0.05) is 10.3 Å². The van der Waals surface area contributed by atoms with Crippen LogP contribution >= 0.6 is 0 Å². The lowest BCUT2D eigenvalue weighted by atomic mass is 10.2. The van der Waals surface area contributed by atoms with Crippen molar-refractivity contribution in [3.05, 3.63) is 50.9 Å². The zero-order valence-electron chi connectivity index (χ0n) is 7.35. The molecule has 2 aromatic rings. The summed E-state index contributed by atoms with van der Waals surface area (Å²) in [6, 6.07) is 4.99. The number of hydrogen-bond donors (Lipinski definition) is 0. The van der Waals surface area contributed by atoms with Crippen LogP contribution in [-0.4, -0.2) is 0 Å². The van der Waals surface area contributed by atoms with E-state index in [-0.39, 0.29) is 11.3 Å². The Hall–Kier alpha value is -2.33. The number of halogens is 1. The second-order valence-corrected chi connectivity index (χ2v) is 2.79. The molecule has 0 aliphatic heterocycles. The Labute approximate surface area is 82.4 Å². The van der Waals surface area contributed by atoms with Crippen LogP contribution in [0.4, 0.5) is 10.1 Å². The fraction of sp³-hybridized carbons (Fsp3) is 0. The van der Waals surface area contributed by atoms with Crippen LogP contribution in [0.5, 0.6) is 0 Å². The van der Waals surface area contributed by atoms with Crippen LogP contribution in [0.15, 0.2) is 38.6 Å². The average Bonchev–Trinajstić information content (AvgIpc) is 2.20. The van der Waals surface area contributed by atoms with Gasteiger partial charge in [-0.3, -0.25) is 0 Å². The topological polar surface area (TPSA) is 79.0 Å². The van der Waals surface area contributed by atoms with Gasteiger partial charge in [0.15, 0.2) is 0 Å². The molecule has 0 saturated heterocycles. The van der Waals surface area contributed by atoms with Gasteiger partial charge in [-0.2, -0.15) is 0 Å². The summed E-state index contributed by atoms with van der Waals surface area (Å²) >= 11 is 0. The van der Waals surface area contributed by atoms with E-state index < -0.39 is 11.4 Å². The number of benzene rings is 1. The molecule has 0 saturated carbocycles. The van der Waals surface area contributed by atoms with Crippen molar-refractivity contribution in [1.29, 1.82) is 0 Å². The zero-order valence-corrected chi connectivity index (χ0v) is 7.35. The highest BCUT2D eigenvalue weighted by molar-refractivity contribution is 5.78. The molecule has 2 rings (SSSR count). The van der Waals surface area contributed by atoms with E-state index in [4.69, 9.17) is 9.95 Å². The summed E-state index contributed by atoms with van der Waals surface area (Å²) in [7, 11) is 0. The van der Waals surface area contributed by atoms with E-state index in [1.54, 1.807) is 0 Å². The van der Waals surface area contributed by atoms with Gasteiger partial charge in [0.25, 0.3) is 0 Å². The summed E-state index contributed by atoms with van der Waals surface area (Å²) in [5.74, 6) is -0.455. The lowest BCUT2D eigenvalue weighted by Gasteiger charge is -1.96. The van der Waals surface area contributed by atoms with Gasteiger partial charge >= 0.3 is 5.63 Å². The molecular formula is C9H4FN3O2. The van der Waals surface area contributed by atoms with Crippen molar-refractivity contribution < 1.29 is 8.81 Å². The Balaban J connectivity index is 2.83. The molecular weight excluding hydrogens is 201 g/mol. The van der Waals surface area contributed by atoms with Crippen molar-refractivity contribution >= 4 is 16.7 Å². The van der Waals surface area contributed by atoms with Crippen molar-refractivity contribution in [3.8, 4) is 0 Å². The fourth-order valence-electron chi connectivity index (χ4n) is 1.20. The molecule has 0 bridgehead atoms. The van der Waals surface area contributed by atoms with Crippen LogP contribution < -0.4 is 5.63 Å². The predicted octanol–water partition coefficient (Wildman–Crippen LogP) is 2.87. The molecule has 0 spiro atoms. The van der Waals surface area contributed by atoms with Gasteiger partial charge in [0.2, 0.25) is 0 Å². The average molecular weight is 205 g/mol. The Morgan fingerprint density at radius 1 is 1.40 bits per heavy atom. The molecule has 74 valence electrons. The first-order valence-electron chi connectivity index (χ1n) is 3.99. The minimum absolute atomic E-state index is 0.185. The van der Waals surface area contributed by atoms with E-state index in [9.17, 15) is 9.18 Å². The van der Waals surface area contributed by atoms with E-state index in [0.717, 1.165) is 0 Å². The van der Waals surface area contributed by atoms with Crippen molar-refractivity contribution in [1.82, 2.24) is 0 Å². The first kappa shape index (κ1) is 9.23. The minimum atomic E-state index is -0.744. The van der Waals surface area contributed by atoms with Crippen LogP contribution in [0.3, 0.4) is 0 Å². The Bertz CT molecular complexity index is 629. The molecule has 0 aliphatic rings. The first-order chi connectivity index (χ1) is 7.20. The van der Waals surface area contributed by atoms with E-state index in [1.165, 1.54) is 24.3 Å². The number of fused-ring (bicyclic) bond motifs is 1. The number of hydrogen-bond acceptors (Lipinski definition) is 3. The lowest BCUT2D eigenvalue weighted by Crippen LogP contribution is -1.96. The third-order valence-corrected chi connectivity index (χ3v) is 1.83. The van der Waals surface area contributed by atoms with Crippen molar-refractivity contribution in [3.63, 3.8) is 0 Å². The number of rotatable bonds is 1. The molecule has 1 aromatic carbocycles. The van der Waals surface area contributed by atoms with Crippen LogP contribution in [0.25, 0.3) is 21.4 Å². The molecule has 0 atom stereocenters. The highest BCUT2D eigenvalue weighted by Gasteiger charge is 2.03.